The first kappa shape index (κ1) is 12.6. The molecule has 1 aliphatic rings. The molecule has 4 nitrogen and oxygen atoms in total. The van der Waals surface area contributed by atoms with Crippen LogP contribution in [0.5, 0.6) is 0 Å². The number of hydrogen-bond acceptors (Lipinski definition) is 3. The Hall–Kier alpha value is -0.870. The molecule has 1 saturated heterocycles. The van der Waals surface area contributed by atoms with Gasteiger partial charge in [0.1, 0.15) is 0 Å². The van der Waals surface area contributed by atoms with Gasteiger partial charge in [-0.2, -0.15) is 5.10 Å². The maximum Gasteiger partial charge on any atom is 0.0838 e. The first-order chi connectivity index (χ1) is 7.80. The molecule has 1 aromatic heterocycles. The van der Waals surface area contributed by atoms with Gasteiger partial charge in [-0.05, 0) is 19.0 Å². The molecule has 0 aromatic carbocycles. The lowest BCUT2D eigenvalue weighted by molar-refractivity contribution is 0.0599. The van der Waals surface area contributed by atoms with Crippen LogP contribution in [0.15, 0.2) is 6.07 Å². The van der Waals surface area contributed by atoms with Crippen molar-refractivity contribution in [1.29, 1.82) is 0 Å². The standard InChI is InChI=1S/C13H23N3O/c1-12(2,3)11-7-10(16(4)15-11)8-13(17)5-6-14-9-13/h7,14,17H,5-6,8-9H2,1-4H3. The molecule has 1 unspecified atom stereocenters. The zero-order valence-corrected chi connectivity index (χ0v) is 11.2. The third kappa shape index (κ3) is 2.69. The number of nitrogens with zero attached hydrogens (tertiary/aromatic N) is 2. The van der Waals surface area contributed by atoms with Crippen LogP contribution in [0.4, 0.5) is 0 Å². The van der Waals surface area contributed by atoms with Crippen molar-refractivity contribution in [3.8, 4) is 0 Å². The molecule has 0 amide bonds. The van der Waals surface area contributed by atoms with Crippen molar-refractivity contribution >= 4 is 0 Å². The Morgan fingerprint density at radius 3 is 2.71 bits per heavy atom. The molecule has 0 saturated carbocycles. The lowest BCUT2D eigenvalue weighted by Crippen LogP contribution is -2.34. The quantitative estimate of drug-likeness (QED) is 0.806. The van der Waals surface area contributed by atoms with Crippen LogP contribution in [0, 0.1) is 0 Å². The Morgan fingerprint density at radius 1 is 1.53 bits per heavy atom. The average molecular weight is 237 g/mol. The highest BCUT2D eigenvalue weighted by atomic mass is 16.3. The highest BCUT2D eigenvalue weighted by Gasteiger charge is 2.32. The predicted molar refractivity (Wildman–Crippen MR) is 68.0 cm³/mol. The van der Waals surface area contributed by atoms with Crippen LogP contribution in [-0.4, -0.2) is 33.6 Å². The van der Waals surface area contributed by atoms with Gasteiger partial charge in [-0.1, -0.05) is 20.8 Å². The second-order valence-corrected chi connectivity index (χ2v) is 6.22. The summed E-state index contributed by atoms with van der Waals surface area (Å²) in [7, 11) is 1.95. The summed E-state index contributed by atoms with van der Waals surface area (Å²) in [4.78, 5) is 0. The molecule has 2 heterocycles. The first-order valence-electron chi connectivity index (χ1n) is 6.27. The second-order valence-electron chi connectivity index (χ2n) is 6.22. The van der Waals surface area contributed by atoms with Crippen LogP contribution in [0.2, 0.25) is 0 Å². The van der Waals surface area contributed by atoms with E-state index in [1.54, 1.807) is 0 Å². The number of aliphatic hydroxyl groups is 1. The normalized spacial score (nSPS) is 25.5. The van der Waals surface area contributed by atoms with Crippen molar-refractivity contribution in [3.05, 3.63) is 17.5 Å². The van der Waals surface area contributed by atoms with Gasteiger partial charge in [-0.25, -0.2) is 0 Å². The zero-order chi connectivity index (χ0) is 12.7. The highest BCUT2D eigenvalue weighted by molar-refractivity contribution is 5.19. The van der Waals surface area contributed by atoms with Crippen molar-refractivity contribution in [2.75, 3.05) is 13.1 Å². The summed E-state index contributed by atoms with van der Waals surface area (Å²) in [5, 5.41) is 18.1. The van der Waals surface area contributed by atoms with E-state index in [2.05, 4.69) is 37.3 Å². The second kappa shape index (κ2) is 4.10. The van der Waals surface area contributed by atoms with E-state index in [1.807, 2.05) is 11.7 Å². The summed E-state index contributed by atoms with van der Waals surface area (Å²) < 4.78 is 1.90. The zero-order valence-electron chi connectivity index (χ0n) is 11.2. The Labute approximate surface area is 103 Å². The van der Waals surface area contributed by atoms with E-state index in [-0.39, 0.29) is 5.41 Å². The fraction of sp³-hybridized carbons (Fsp3) is 0.769. The molecular formula is C13H23N3O. The molecule has 96 valence electrons. The van der Waals surface area contributed by atoms with E-state index in [0.29, 0.717) is 13.0 Å². The fourth-order valence-electron chi connectivity index (χ4n) is 2.26. The summed E-state index contributed by atoms with van der Waals surface area (Å²) in [6.45, 7) is 8.06. The molecule has 1 aliphatic heterocycles. The van der Waals surface area contributed by atoms with E-state index >= 15 is 0 Å². The Morgan fingerprint density at radius 2 is 2.24 bits per heavy atom. The van der Waals surface area contributed by atoms with E-state index in [4.69, 9.17) is 0 Å². The highest BCUT2D eigenvalue weighted by Crippen LogP contribution is 2.25. The SMILES string of the molecule is Cn1nc(C(C)(C)C)cc1CC1(O)CCNC1. The average Bonchev–Trinajstić information content (AvgIpc) is 2.74. The number of β-amino-alcohol motifs (C(OH)–C–C–N with tert-alkyl or cyclic N) is 1. The minimum absolute atomic E-state index is 0.0621. The molecule has 0 spiro atoms. The Balaban J connectivity index is 2.19. The monoisotopic (exact) mass is 237 g/mol. The topological polar surface area (TPSA) is 50.1 Å². The predicted octanol–water partition coefficient (Wildman–Crippen LogP) is 0.984. The van der Waals surface area contributed by atoms with Crippen LogP contribution >= 0.6 is 0 Å². The summed E-state index contributed by atoms with van der Waals surface area (Å²) >= 11 is 0. The molecule has 1 fully saturated rings. The lowest BCUT2D eigenvalue weighted by atomic mass is 9.91. The van der Waals surface area contributed by atoms with Crippen molar-refractivity contribution in [2.45, 2.75) is 44.6 Å². The van der Waals surface area contributed by atoms with Crippen LogP contribution < -0.4 is 5.32 Å². The van der Waals surface area contributed by atoms with E-state index in [0.717, 1.165) is 24.4 Å². The molecule has 17 heavy (non-hydrogen) atoms. The van der Waals surface area contributed by atoms with Gasteiger partial charge in [-0.15, -0.1) is 0 Å². The largest absolute Gasteiger partial charge is 0.388 e. The minimum atomic E-state index is -0.594. The first-order valence-corrected chi connectivity index (χ1v) is 6.27. The van der Waals surface area contributed by atoms with Gasteiger partial charge in [-0.3, -0.25) is 4.68 Å². The number of aromatic nitrogens is 2. The van der Waals surface area contributed by atoms with Gasteiger partial charge in [0.15, 0.2) is 0 Å². The fourth-order valence-corrected chi connectivity index (χ4v) is 2.26. The van der Waals surface area contributed by atoms with Gasteiger partial charge in [0, 0.05) is 31.1 Å². The molecule has 0 bridgehead atoms. The van der Waals surface area contributed by atoms with Crippen molar-refractivity contribution in [1.82, 2.24) is 15.1 Å². The van der Waals surface area contributed by atoms with E-state index in [1.165, 1.54) is 0 Å². The molecular weight excluding hydrogens is 214 g/mol. The Bertz CT molecular complexity index is 397. The van der Waals surface area contributed by atoms with Gasteiger partial charge in [0.2, 0.25) is 0 Å². The van der Waals surface area contributed by atoms with Crippen LogP contribution in [0.25, 0.3) is 0 Å². The Kier molecular flexibility index (Phi) is 3.04. The minimum Gasteiger partial charge on any atom is -0.388 e. The smallest absolute Gasteiger partial charge is 0.0838 e. The maximum atomic E-state index is 10.4. The number of nitrogens with one attached hydrogen (secondary N) is 1. The molecule has 2 rings (SSSR count). The lowest BCUT2D eigenvalue weighted by Gasteiger charge is -2.20. The number of rotatable bonds is 2. The summed E-state index contributed by atoms with van der Waals surface area (Å²) in [5.74, 6) is 0. The number of aryl methyl sites for hydroxylation is 1. The maximum absolute atomic E-state index is 10.4. The van der Waals surface area contributed by atoms with E-state index < -0.39 is 5.60 Å². The molecule has 1 aromatic rings. The number of hydrogen-bond donors (Lipinski definition) is 2. The van der Waals surface area contributed by atoms with E-state index in [9.17, 15) is 5.11 Å². The summed E-state index contributed by atoms with van der Waals surface area (Å²) in [5.41, 5.74) is 1.67. The van der Waals surface area contributed by atoms with Crippen LogP contribution in [0.1, 0.15) is 38.6 Å². The molecule has 0 aliphatic carbocycles. The third-order valence-corrected chi connectivity index (χ3v) is 3.48. The summed E-state index contributed by atoms with van der Waals surface area (Å²) in [6, 6.07) is 2.12. The van der Waals surface area contributed by atoms with Gasteiger partial charge < -0.3 is 10.4 Å². The molecule has 0 radical (unpaired) electrons. The molecule has 1 atom stereocenters. The molecule has 4 heteroatoms. The van der Waals surface area contributed by atoms with Gasteiger partial charge >= 0.3 is 0 Å². The van der Waals surface area contributed by atoms with Gasteiger partial charge in [0.05, 0.1) is 11.3 Å². The van der Waals surface area contributed by atoms with Crippen LogP contribution in [-0.2, 0) is 18.9 Å². The van der Waals surface area contributed by atoms with Crippen molar-refractivity contribution in [2.24, 2.45) is 7.05 Å². The van der Waals surface area contributed by atoms with Crippen molar-refractivity contribution in [3.63, 3.8) is 0 Å². The van der Waals surface area contributed by atoms with Crippen molar-refractivity contribution < 1.29 is 5.11 Å². The summed E-state index contributed by atoms with van der Waals surface area (Å²) in [6.07, 6.45) is 1.50. The van der Waals surface area contributed by atoms with Crippen LogP contribution in [0.3, 0.4) is 0 Å². The van der Waals surface area contributed by atoms with Gasteiger partial charge in [0.25, 0.3) is 0 Å². The third-order valence-electron chi connectivity index (χ3n) is 3.48. The molecule has 2 N–H and O–H groups in total.